The molecule has 2 aromatic rings. The highest BCUT2D eigenvalue weighted by atomic mass is 16.8. The first-order valence-corrected chi connectivity index (χ1v) is 10.5. The minimum atomic E-state index is -1.18. The van der Waals surface area contributed by atoms with Gasteiger partial charge in [0.1, 0.15) is 6.61 Å². The number of amides is 2. The Balaban J connectivity index is 1.79. The number of nitrogens with zero attached hydrogens (tertiary/aromatic N) is 1. The van der Waals surface area contributed by atoms with E-state index >= 15 is 0 Å². The van der Waals surface area contributed by atoms with E-state index in [9.17, 15) is 14.4 Å². The molecule has 1 aliphatic carbocycles. The summed E-state index contributed by atoms with van der Waals surface area (Å²) in [6.07, 6.45) is 1.24. The van der Waals surface area contributed by atoms with E-state index < -0.39 is 24.0 Å². The van der Waals surface area contributed by atoms with Crippen LogP contribution in [-0.2, 0) is 19.2 Å². The Kier molecular flexibility index (Phi) is 7.62. The number of hydroxylamine groups is 2. The number of unbranched alkanes of at least 4 members (excludes halogenated alkanes) is 1. The molecule has 0 fully saturated rings. The minimum absolute atomic E-state index is 0.00326. The number of nitrogens with two attached hydrogens (primary N) is 2. The number of carbonyl (C=O) groups is 3. The van der Waals surface area contributed by atoms with Gasteiger partial charge in [-0.3, -0.25) is 4.79 Å². The van der Waals surface area contributed by atoms with Crippen LogP contribution in [0.5, 0.6) is 0 Å². The zero-order valence-electron chi connectivity index (χ0n) is 17.7. The molecule has 3 rings (SSSR count). The van der Waals surface area contributed by atoms with Gasteiger partial charge in [-0.1, -0.05) is 55.1 Å². The second kappa shape index (κ2) is 10.6. The highest BCUT2D eigenvalue weighted by molar-refractivity contribution is 5.86. The van der Waals surface area contributed by atoms with Crippen LogP contribution in [0.4, 0.5) is 4.79 Å². The van der Waals surface area contributed by atoms with E-state index in [-0.39, 0.29) is 18.9 Å². The monoisotopic (exact) mass is 437 g/mol. The van der Waals surface area contributed by atoms with Crippen molar-refractivity contribution in [2.45, 2.75) is 31.2 Å². The van der Waals surface area contributed by atoms with Crippen molar-refractivity contribution in [1.29, 1.82) is 0 Å². The number of carbonyl (C=O) groups excluding carboxylic acids is 3. The molecular formula is C24H27N3O5. The van der Waals surface area contributed by atoms with Crippen molar-refractivity contribution in [3.8, 4) is 11.1 Å². The smallest absolute Gasteiger partial charge is 0.444 e. The number of fused-ring (bicyclic) bond motifs is 3. The molecule has 2 aromatic carbocycles. The number of hydrogen-bond acceptors (Lipinski definition) is 6. The van der Waals surface area contributed by atoms with Crippen molar-refractivity contribution in [3.63, 3.8) is 0 Å². The predicted octanol–water partition coefficient (Wildman–Crippen LogP) is 2.86. The third-order valence-corrected chi connectivity index (χ3v) is 5.41. The van der Waals surface area contributed by atoms with Gasteiger partial charge in [0.15, 0.2) is 6.04 Å². The summed E-state index contributed by atoms with van der Waals surface area (Å²) in [4.78, 5) is 41.8. The molecule has 0 aromatic heterocycles. The Morgan fingerprint density at radius 2 is 1.62 bits per heavy atom. The summed E-state index contributed by atoms with van der Waals surface area (Å²) in [6.45, 7) is 3.75. The maximum Gasteiger partial charge on any atom is 0.444 e. The Bertz CT molecular complexity index is 961. The van der Waals surface area contributed by atoms with Crippen LogP contribution < -0.4 is 11.5 Å². The van der Waals surface area contributed by atoms with Gasteiger partial charge in [0.2, 0.25) is 5.91 Å². The summed E-state index contributed by atoms with van der Waals surface area (Å²) < 4.78 is 5.53. The van der Waals surface area contributed by atoms with Crippen LogP contribution in [0.3, 0.4) is 0 Å². The van der Waals surface area contributed by atoms with Gasteiger partial charge >= 0.3 is 12.1 Å². The number of rotatable bonds is 9. The van der Waals surface area contributed by atoms with Crippen LogP contribution in [0, 0.1) is 0 Å². The molecule has 168 valence electrons. The lowest BCUT2D eigenvalue weighted by Gasteiger charge is -2.27. The maximum atomic E-state index is 12.9. The summed E-state index contributed by atoms with van der Waals surface area (Å²) in [7, 11) is 0. The van der Waals surface area contributed by atoms with Crippen molar-refractivity contribution < 1.29 is 24.0 Å². The summed E-state index contributed by atoms with van der Waals surface area (Å²) >= 11 is 0. The fraction of sp³-hybridized carbons (Fsp3) is 0.292. The summed E-state index contributed by atoms with van der Waals surface area (Å²) in [5.41, 5.74) is 15.2. The topological polar surface area (TPSA) is 125 Å². The van der Waals surface area contributed by atoms with E-state index in [4.69, 9.17) is 21.0 Å². The molecule has 8 nitrogen and oxygen atoms in total. The largest absolute Gasteiger partial charge is 0.446 e. The van der Waals surface area contributed by atoms with Crippen molar-refractivity contribution >= 4 is 18.0 Å². The molecule has 4 N–H and O–H groups in total. The normalized spacial score (nSPS) is 12.9. The molecule has 0 spiro atoms. The fourth-order valence-corrected chi connectivity index (χ4v) is 3.88. The van der Waals surface area contributed by atoms with Gasteiger partial charge in [0.05, 0.1) is 0 Å². The molecule has 0 saturated carbocycles. The lowest BCUT2D eigenvalue weighted by Crippen LogP contribution is -2.49. The van der Waals surface area contributed by atoms with Crippen molar-refractivity contribution in [2.75, 3.05) is 13.2 Å². The standard InChI is InChI=1S/C24H27N3O5/c1-2-22(28)32-27(21(23(26)29)13-7-8-14-25)24(30)31-15-20-18-11-5-3-9-16(18)17-10-4-6-12-19(17)20/h2-6,9-12,20-21H,1,7-8,13-15,25H2,(H2,26,29)/t21-/m0/s1. The maximum absolute atomic E-state index is 12.9. The van der Waals surface area contributed by atoms with E-state index in [2.05, 4.69) is 6.58 Å². The molecule has 0 radical (unpaired) electrons. The fourth-order valence-electron chi connectivity index (χ4n) is 3.88. The Morgan fingerprint density at radius 1 is 1.03 bits per heavy atom. The molecule has 1 aliphatic rings. The molecule has 0 unspecified atom stereocenters. The van der Waals surface area contributed by atoms with Crippen molar-refractivity contribution in [2.24, 2.45) is 11.5 Å². The van der Waals surface area contributed by atoms with Gasteiger partial charge in [0, 0.05) is 12.0 Å². The lowest BCUT2D eigenvalue weighted by atomic mass is 9.98. The van der Waals surface area contributed by atoms with Crippen molar-refractivity contribution in [3.05, 3.63) is 72.3 Å². The number of hydrogen-bond donors (Lipinski definition) is 2. The van der Waals surface area contributed by atoms with Gasteiger partial charge in [-0.25, -0.2) is 9.59 Å². The summed E-state index contributed by atoms with van der Waals surface area (Å²) in [5, 5.41) is 0.607. The van der Waals surface area contributed by atoms with Gasteiger partial charge in [-0.2, -0.15) is 0 Å². The van der Waals surface area contributed by atoms with Crippen LogP contribution in [0.15, 0.2) is 61.2 Å². The lowest BCUT2D eigenvalue weighted by molar-refractivity contribution is -0.186. The molecule has 0 saturated heterocycles. The van der Waals surface area contributed by atoms with Gasteiger partial charge in [-0.15, -0.1) is 5.06 Å². The molecule has 0 bridgehead atoms. The summed E-state index contributed by atoms with van der Waals surface area (Å²) in [6, 6.07) is 14.6. The predicted molar refractivity (Wildman–Crippen MR) is 119 cm³/mol. The Morgan fingerprint density at radius 3 is 2.16 bits per heavy atom. The molecule has 32 heavy (non-hydrogen) atoms. The number of primary amides is 1. The van der Waals surface area contributed by atoms with Gasteiger partial charge in [-0.05, 0) is 48.1 Å². The SMILES string of the molecule is C=CC(=O)ON(C(=O)OCC1c2ccccc2-c2ccccc21)[C@@H](CCCCN)C(N)=O. The first-order valence-electron chi connectivity index (χ1n) is 10.5. The second-order valence-corrected chi connectivity index (χ2v) is 7.45. The van der Waals surface area contributed by atoms with E-state index in [1.54, 1.807) is 0 Å². The first-order chi connectivity index (χ1) is 15.5. The Hall–Kier alpha value is -3.65. The van der Waals surface area contributed by atoms with E-state index in [0.717, 1.165) is 28.3 Å². The van der Waals surface area contributed by atoms with Crippen LogP contribution >= 0.6 is 0 Å². The van der Waals surface area contributed by atoms with Crippen molar-refractivity contribution in [1.82, 2.24) is 5.06 Å². The highest BCUT2D eigenvalue weighted by Gasteiger charge is 2.35. The average Bonchev–Trinajstić information content (AvgIpc) is 3.12. The van der Waals surface area contributed by atoms with E-state index in [1.807, 2.05) is 48.5 Å². The molecular weight excluding hydrogens is 410 g/mol. The van der Waals surface area contributed by atoms with Gasteiger partial charge < -0.3 is 21.0 Å². The van der Waals surface area contributed by atoms with Gasteiger partial charge in [0.25, 0.3) is 0 Å². The van der Waals surface area contributed by atoms with Crippen LogP contribution in [-0.4, -0.2) is 42.2 Å². The molecule has 1 atom stereocenters. The number of ether oxygens (including phenoxy) is 1. The highest BCUT2D eigenvalue weighted by Crippen LogP contribution is 2.44. The molecule has 0 heterocycles. The average molecular weight is 437 g/mol. The second-order valence-electron chi connectivity index (χ2n) is 7.45. The first kappa shape index (κ1) is 23.0. The quantitative estimate of drug-likeness (QED) is 0.353. The zero-order valence-corrected chi connectivity index (χ0v) is 17.7. The molecule has 8 heteroatoms. The third-order valence-electron chi connectivity index (χ3n) is 5.41. The number of benzene rings is 2. The van der Waals surface area contributed by atoms with Crippen LogP contribution in [0.25, 0.3) is 11.1 Å². The zero-order chi connectivity index (χ0) is 23.1. The molecule has 2 amide bonds. The minimum Gasteiger partial charge on any atom is -0.446 e. The van der Waals surface area contributed by atoms with E-state index in [0.29, 0.717) is 24.4 Å². The van der Waals surface area contributed by atoms with Crippen LogP contribution in [0.1, 0.15) is 36.3 Å². The third kappa shape index (κ3) is 4.97. The van der Waals surface area contributed by atoms with E-state index in [1.165, 1.54) is 0 Å². The Labute approximate surface area is 186 Å². The molecule has 0 aliphatic heterocycles. The summed E-state index contributed by atoms with van der Waals surface area (Å²) in [5.74, 6) is -1.90. The van der Waals surface area contributed by atoms with Crippen LogP contribution in [0.2, 0.25) is 0 Å².